The Morgan fingerprint density at radius 3 is 2.68 bits per heavy atom. The Bertz CT molecular complexity index is 376. The zero-order chi connectivity index (χ0) is 13.7. The quantitative estimate of drug-likeness (QED) is 0.882. The van der Waals surface area contributed by atoms with Gasteiger partial charge in [0.15, 0.2) is 0 Å². The third-order valence-electron chi connectivity index (χ3n) is 4.47. The van der Waals surface area contributed by atoms with E-state index in [1.165, 1.54) is 5.56 Å². The number of nitrogens with one attached hydrogen (secondary N) is 1. The highest BCUT2D eigenvalue weighted by molar-refractivity contribution is 5.14. The van der Waals surface area contributed by atoms with Crippen molar-refractivity contribution in [1.29, 1.82) is 0 Å². The SMILES string of the molecule is CCC1(CC)CC(NC(C)c2ccncc2)CCO1. The molecule has 1 N–H and O–H groups in total. The van der Waals surface area contributed by atoms with Gasteiger partial charge in [0.25, 0.3) is 0 Å². The fourth-order valence-corrected chi connectivity index (χ4v) is 3.01. The second kappa shape index (κ2) is 6.49. The van der Waals surface area contributed by atoms with Crippen LogP contribution in [0.2, 0.25) is 0 Å². The van der Waals surface area contributed by atoms with Gasteiger partial charge in [-0.15, -0.1) is 0 Å². The van der Waals surface area contributed by atoms with E-state index >= 15 is 0 Å². The molecule has 0 spiro atoms. The van der Waals surface area contributed by atoms with Crippen molar-refractivity contribution in [2.75, 3.05) is 6.61 Å². The van der Waals surface area contributed by atoms with E-state index < -0.39 is 0 Å². The molecular weight excluding hydrogens is 236 g/mol. The Labute approximate surface area is 116 Å². The highest BCUT2D eigenvalue weighted by atomic mass is 16.5. The highest BCUT2D eigenvalue weighted by Crippen LogP contribution is 2.32. The molecule has 3 heteroatoms. The molecule has 1 aliphatic rings. The van der Waals surface area contributed by atoms with E-state index in [0.717, 1.165) is 32.3 Å². The van der Waals surface area contributed by atoms with Gasteiger partial charge in [-0.3, -0.25) is 4.98 Å². The van der Waals surface area contributed by atoms with Gasteiger partial charge in [-0.2, -0.15) is 0 Å². The molecule has 2 atom stereocenters. The van der Waals surface area contributed by atoms with Crippen LogP contribution < -0.4 is 5.32 Å². The molecule has 0 amide bonds. The van der Waals surface area contributed by atoms with Crippen LogP contribution in [0.5, 0.6) is 0 Å². The van der Waals surface area contributed by atoms with E-state index in [1.807, 2.05) is 12.4 Å². The maximum Gasteiger partial charge on any atom is 0.0692 e. The Kier molecular flexibility index (Phi) is 4.94. The molecule has 2 rings (SSSR count). The molecule has 2 heterocycles. The van der Waals surface area contributed by atoms with Crippen molar-refractivity contribution in [3.8, 4) is 0 Å². The smallest absolute Gasteiger partial charge is 0.0692 e. The first-order valence-electron chi connectivity index (χ1n) is 7.49. The molecule has 0 aliphatic carbocycles. The average Bonchev–Trinajstić information content (AvgIpc) is 2.48. The number of ether oxygens (including phenoxy) is 1. The highest BCUT2D eigenvalue weighted by Gasteiger charge is 2.34. The predicted molar refractivity (Wildman–Crippen MR) is 78.1 cm³/mol. The van der Waals surface area contributed by atoms with Gasteiger partial charge >= 0.3 is 0 Å². The molecule has 106 valence electrons. The van der Waals surface area contributed by atoms with Crippen molar-refractivity contribution >= 4 is 0 Å². The fraction of sp³-hybridized carbons (Fsp3) is 0.688. The molecule has 0 radical (unpaired) electrons. The van der Waals surface area contributed by atoms with Gasteiger partial charge in [0.1, 0.15) is 0 Å². The number of hydrogen-bond donors (Lipinski definition) is 1. The van der Waals surface area contributed by atoms with Gasteiger partial charge in [-0.05, 0) is 50.3 Å². The molecule has 0 saturated carbocycles. The van der Waals surface area contributed by atoms with E-state index in [2.05, 4.69) is 43.2 Å². The summed E-state index contributed by atoms with van der Waals surface area (Å²) < 4.78 is 6.03. The third-order valence-corrected chi connectivity index (χ3v) is 4.47. The first kappa shape index (κ1) is 14.5. The Balaban J connectivity index is 1.96. The zero-order valence-electron chi connectivity index (χ0n) is 12.4. The maximum atomic E-state index is 6.03. The van der Waals surface area contributed by atoms with Crippen LogP contribution in [0, 0.1) is 0 Å². The molecular formula is C16H26N2O. The third kappa shape index (κ3) is 3.54. The lowest BCUT2D eigenvalue weighted by atomic mass is 9.85. The van der Waals surface area contributed by atoms with Gasteiger partial charge in [-0.25, -0.2) is 0 Å². The van der Waals surface area contributed by atoms with Gasteiger partial charge < -0.3 is 10.1 Å². The van der Waals surface area contributed by atoms with Crippen LogP contribution in [0.1, 0.15) is 58.1 Å². The Morgan fingerprint density at radius 2 is 2.05 bits per heavy atom. The van der Waals surface area contributed by atoms with Crippen LogP contribution in [0.25, 0.3) is 0 Å². The second-order valence-corrected chi connectivity index (χ2v) is 5.60. The molecule has 0 bridgehead atoms. The molecule has 0 aromatic carbocycles. The summed E-state index contributed by atoms with van der Waals surface area (Å²) >= 11 is 0. The van der Waals surface area contributed by atoms with Crippen molar-refractivity contribution in [1.82, 2.24) is 10.3 Å². The first-order valence-corrected chi connectivity index (χ1v) is 7.49. The summed E-state index contributed by atoms with van der Waals surface area (Å²) in [5.41, 5.74) is 1.40. The monoisotopic (exact) mass is 262 g/mol. The van der Waals surface area contributed by atoms with Crippen molar-refractivity contribution in [2.24, 2.45) is 0 Å². The minimum Gasteiger partial charge on any atom is -0.375 e. The summed E-state index contributed by atoms with van der Waals surface area (Å²) in [6, 6.07) is 5.10. The standard InChI is InChI=1S/C16H26N2O/c1-4-16(5-2)12-15(8-11-19-16)18-13(3)14-6-9-17-10-7-14/h6-7,9-10,13,15,18H,4-5,8,11-12H2,1-3H3. The number of hydrogen-bond acceptors (Lipinski definition) is 3. The summed E-state index contributed by atoms with van der Waals surface area (Å²) in [4.78, 5) is 4.08. The van der Waals surface area contributed by atoms with Crippen LogP contribution in [0.15, 0.2) is 24.5 Å². The molecule has 1 aromatic heterocycles. The van der Waals surface area contributed by atoms with Crippen LogP contribution in [0.4, 0.5) is 0 Å². The second-order valence-electron chi connectivity index (χ2n) is 5.60. The summed E-state index contributed by atoms with van der Waals surface area (Å²) in [7, 11) is 0. The fourth-order valence-electron chi connectivity index (χ4n) is 3.01. The zero-order valence-corrected chi connectivity index (χ0v) is 12.4. The first-order chi connectivity index (χ1) is 9.19. The summed E-state index contributed by atoms with van der Waals surface area (Å²) in [5, 5.41) is 3.75. The predicted octanol–water partition coefficient (Wildman–Crippen LogP) is 3.47. The van der Waals surface area contributed by atoms with Crippen LogP contribution in [-0.4, -0.2) is 23.2 Å². The minimum atomic E-state index is 0.0912. The van der Waals surface area contributed by atoms with E-state index in [0.29, 0.717) is 12.1 Å². The van der Waals surface area contributed by atoms with Crippen molar-refractivity contribution in [3.63, 3.8) is 0 Å². The number of pyridine rings is 1. The van der Waals surface area contributed by atoms with Crippen molar-refractivity contribution < 1.29 is 4.74 Å². The number of rotatable bonds is 5. The van der Waals surface area contributed by atoms with Crippen molar-refractivity contribution in [2.45, 2.75) is 64.1 Å². The van der Waals surface area contributed by atoms with Gasteiger partial charge in [0, 0.05) is 31.1 Å². The Morgan fingerprint density at radius 1 is 1.37 bits per heavy atom. The molecule has 1 saturated heterocycles. The summed E-state index contributed by atoms with van der Waals surface area (Å²) in [5.74, 6) is 0. The van der Waals surface area contributed by atoms with Crippen LogP contribution in [0.3, 0.4) is 0 Å². The van der Waals surface area contributed by atoms with E-state index in [-0.39, 0.29) is 5.60 Å². The maximum absolute atomic E-state index is 6.03. The van der Waals surface area contributed by atoms with Crippen LogP contribution >= 0.6 is 0 Å². The van der Waals surface area contributed by atoms with E-state index in [9.17, 15) is 0 Å². The lowest BCUT2D eigenvalue weighted by Gasteiger charge is -2.41. The molecule has 1 fully saturated rings. The van der Waals surface area contributed by atoms with Crippen molar-refractivity contribution in [3.05, 3.63) is 30.1 Å². The Hall–Kier alpha value is -0.930. The van der Waals surface area contributed by atoms with Crippen LogP contribution in [-0.2, 0) is 4.74 Å². The minimum absolute atomic E-state index is 0.0912. The topological polar surface area (TPSA) is 34.2 Å². The summed E-state index contributed by atoms with van der Waals surface area (Å²) in [6.07, 6.45) is 8.16. The largest absolute Gasteiger partial charge is 0.375 e. The molecule has 19 heavy (non-hydrogen) atoms. The lowest BCUT2D eigenvalue weighted by molar-refractivity contribution is -0.0939. The van der Waals surface area contributed by atoms with E-state index in [1.54, 1.807) is 0 Å². The molecule has 3 nitrogen and oxygen atoms in total. The van der Waals surface area contributed by atoms with Gasteiger partial charge in [0.05, 0.1) is 5.60 Å². The van der Waals surface area contributed by atoms with Gasteiger partial charge in [0.2, 0.25) is 0 Å². The number of aromatic nitrogens is 1. The van der Waals surface area contributed by atoms with Gasteiger partial charge in [-0.1, -0.05) is 13.8 Å². The lowest BCUT2D eigenvalue weighted by Crippen LogP contribution is -2.47. The normalized spacial score (nSPS) is 24.1. The van der Waals surface area contributed by atoms with E-state index in [4.69, 9.17) is 4.74 Å². The summed E-state index contributed by atoms with van der Waals surface area (Å²) in [6.45, 7) is 7.57. The molecule has 2 unspecified atom stereocenters. The number of nitrogens with zero attached hydrogens (tertiary/aromatic N) is 1. The average molecular weight is 262 g/mol. The molecule has 1 aromatic rings. The molecule has 1 aliphatic heterocycles.